The van der Waals surface area contributed by atoms with Crippen molar-refractivity contribution in [2.24, 2.45) is 0 Å². The molecule has 5 rings (SSSR count). The average Bonchev–Trinajstić information content (AvgIpc) is 2.81. The summed E-state index contributed by atoms with van der Waals surface area (Å²) in [6, 6.07) is 36.5. The van der Waals surface area contributed by atoms with Gasteiger partial charge in [-0.3, -0.25) is 0 Å². The first-order valence-electron chi connectivity index (χ1n) is 10.3. The van der Waals surface area contributed by atoms with Crippen molar-refractivity contribution in [1.29, 1.82) is 0 Å². The second kappa shape index (κ2) is 7.47. The molecular formula is C28H24O2. The number of ether oxygens (including phenoxy) is 1. The third-order valence-electron chi connectivity index (χ3n) is 6.05. The highest BCUT2D eigenvalue weighted by molar-refractivity contribution is 5.53. The van der Waals surface area contributed by atoms with E-state index in [1.807, 2.05) is 85.8 Å². The zero-order chi connectivity index (χ0) is 20.6. The molecule has 1 aliphatic heterocycles. The molecule has 0 saturated carbocycles. The minimum atomic E-state index is -1.23. The largest absolute Gasteiger partial charge is 0.485 e. The number of aryl methyl sites for hydroxylation is 1. The Morgan fingerprint density at radius 3 is 1.90 bits per heavy atom. The van der Waals surface area contributed by atoms with Crippen molar-refractivity contribution in [3.05, 3.63) is 137 Å². The van der Waals surface area contributed by atoms with E-state index in [4.69, 9.17) is 4.74 Å². The molecule has 0 aliphatic carbocycles. The molecule has 4 aromatic rings. The molecule has 0 radical (unpaired) electrons. The van der Waals surface area contributed by atoms with Crippen molar-refractivity contribution in [3.8, 4) is 5.75 Å². The first-order valence-corrected chi connectivity index (χ1v) is 10.3. The molecule has 0 fully saturated rings. The van der Waals surface area contributed by atoms with Crippen LogP contribution in [0.25, 0.3) is 0 Å². The van der Waals surface area contributed by atoms with Crippen LogP contribution in [0.1, 0.15) is 39.8 Å². The van der Waals surface area contributed by atoms with Gasteiger partial charge in [0, 0.05) is 5.56 Å². The Morgan fingerprint density at radius 1 is 0.700 bits per heavy atom. The van der Waals surface area contributed by atoms with Gasteiger partial charge in [0.1, 0.15) is 17.5 Å². The first-order chi connectivity index (χ1) is 14.7. The van der Waals surface area contributed by atoms with E-state index in [1.165, 1.54) is 0 Å². The van der Waals surface area contributed by atoms with Crippen molar-refractivity contribution in [1.82, 2.24) is 0 Å². The maximum atomic E-state index is 12.6. The lowest BCUT2D eigenvalue weighted by Crippen LogP contribution is -2.43. The monoisotopic (exact) mass is 392 g/mol. The number of benzene rings is 4. The van der Waals surface area contributed by atoms with Gasteiger partial charge in [-0.15, -0.1) is 0 Å². The molecule has 4 aromatic carbocycles. The lowest BCUT2D eigenvalue weighted by atomic mass is 9.67. The summed E-state index contributed by atoms with van der Waals surface area (Å²) in [5.74, 6) is 0.422. The fourth-order valence-corrected chi connectivity index (χ4v) is 4.64. The fraction of sp³-hybridized carbons (Fsp3) is 0.143. The molecule has 0 bridgehead atoms. The number of aliphatic hydroxyl groups is 1. The van der Waals surface area contributed by atoms with Crippen LogP contribution in [0.2, 0.25) is 0 Å². The minimum absolute atomic E-state index is 0.308. The lowest BCUT2D eigenvalue weighted by molar-refractivity contribution is -0.0258. The lowest BCUT2D eigenvalue weighted by Gasteiger charge is -2.46. The number of rotatable bonds is 3. The van der Waals surface area contributed by atoms with Crippen molar-refractivity contribution < 1.29 is 9.84 Å². The molecule has 1 N–H and O–H groups in total. The molecule has 1 aliphatic rings. The quantitative estimate of drug-likeness (QED) is 0.453. The third-order valence-corrected chi connectivity index (χ3v) is 6.05. The van der Waals surface area contributed by atoms with Crippen molar-refractivity contribution >= 4 is 0 Å². The van der Waals surface area contributed by atoms with Crippen LogP contribution in [-0.4, -0.2) is 5.11 Å². The highest BCUT2D eigenvalue weighted by Gasteiger charge is 2.51. The fourth-order valence-electron chi connectivity index (χ4n) is 4.64. The van der Waals surface area contributed by atoms with Crippen LogP contribution in [0.3, 0.4) is 0 Å². The van der Waals surface area contributed by atoms with Crippen molar-refractivity contribution in [2.45, 2.75) is 24.5 Å². The zero-order valence-corrected chi connectivity index (χ0v) is 16.9. The van der Waals surface area contributed by atoms with Gasteiger partial charge in [0.05, 0.1) is 5.92 Å². The Morgan fingerprint density at radius 2 is 1.27 bits per heavy atom. The first kappa shape index (κ1) is 18.7. The van der Waals surface area contributed by atoms with E-state index in [9.17, 15) is 5.11 Å². The third kappa shape index (κ3) is 3.01. The summed E-state index contributed by atoms with van der Waals surface area (Å²) in [6.07, 6.45) is -0.325. The summed E-state index contributed by atoms with van der Waals surface area (Å²) >= 11 is 0. The molecule has 148 valence electrons. The van der Waals surface area contributed by atoms with Crippen LogP contribution in [0.5, 0.6) is 5.75 Å². The Kier molecular flexibility index (Phi) is 4.65. The van der Waals surface area contributed by atoms with Crippen LogP contribution in [0.4, 0.5) is 0 Å². The topological polar surface area (TPSA) is 29.5 Å². The Bertz CT molecular complexity index is 1140. The second-order valence-electron chi connectivity index (χ2n) is 7.97. The highest BCUT2D eigenvalue weighted by Crippen LogP contribution is 2.56. The van der Waals surface area contributed by atoms with E-state index < -0.39 is 5.60 Å². The van der Waals surface area contributed by atoms with Crippen LogP contribution in [-0.2, 0) is 5.60 Å². The van der Waals surface area contributed by atoms with Crippen LogP contribution in [0, 0.1) is 6.92 Å². The maximum absolute atomic E-state index is 12.6. The summed E-state index contributed by atoms with van der Waals surface area (Å²) in [5.41, 5.74) is 3.64. The maximum Gasteiger partial charge on any atom is 0.134 e. The SMILES string of the molecule is Cc1ccc2c(c1)[C@@](O)(c1ccccc1)[C@H](c1ccccc1)[C@H](c1ccccc1)O2. The van der Waals surface area contributed by atoms with Gasteiger partial charge in [-0.1, -0.05) is 103 Å². The number of hydrogen-bond donors (Lipinski definition) is 1. The molecule has 30 heavy (non-hydrogen) atoms. The molecule has 3 atom stereocenters. The smallest absolute Gasteiger partial charge is 0.134 e. The number of fused-ring (bicyclic) bond motifs is 1. The Hall–Kier alpha value is -3.36. The predicted molar refractivity (Wildman–Crippen MR) is 120 cm³/mol. The van der Waals surface area contributed by atoms with Gasteiger partial charge >= 0.3 is 0 Å². The number of hydrogen-bond acceptors (Lipinski definition) is 2. The van der Waals surface area contributed by atoms with E-state index >= 15 is 0 Å². The van der Waals surface area contributed by atoms with E-state index in [0.29, 0.717) is 0 Å². The van der Waals surface area contributed by atoms with Gasteiger partial charge in [0.15, 0.2) is 0 Å². The van der Waals surface area contributed by atoms with Crippen LogP contribution in [0.15, 0.2) is 109 Å². The molecular weight excluding hydrogens is 368 g/mol. The van der Waals surface area contributed by atoms with Gasteiger partial charge < -0.3 is 9.84 Å². The second-order valence-corrected chi connectivity index (χ2v) is 7.97. The predicted octanol–water partition coefficient (Wildman–Crippen LogP) is 6.15. The summed E-state index contributed by atoms with van der Waals surface area (Å²) in [5, 5.41) is 12.6. The zero-order valence-electron chi connectivity index (χ0n) is 16.9. The highest BCUT2D eigenvalue weighted by atomic mass is 16.5. The molecule has 0 saturated heterocycles. The molecule has 0 spiro atoms. The summed E-state index contributed by atoms with van der Waals surface area (Å²) in [7, 11) is 0. The van der Waals surface area contributed by atoms with Gasteiger partial charge in [-0.05, 0) is 35.7 Å². The summed E-state index contributed by atoms with van der Waals surface area (Å²) < 4.78 is 6.60. The van der Waals surface area contributed by atoms with Crippen molar-refractivity contribution in [2.75, 3.05) is 0 Å². The Labute approximate surface area is 177 Å². The van der Waals surface area contributed by atoms with Gasteiger partial charge in [-0.2, -0.15) is 0 Å². The minimum Gasteiger partial charge on any atom is -0.485 e. The van der Waals surface area contributed by atoms with Gasteiger partial charge in [0.25, 0.3) is 0 Å². The standard InChI is InChI=1S/C28H24O2/c1-20-17-18-25-24(19-20)28(29,23-15-9-4-10-16-23)26(21-11-5-2-6-12-21)27(30-25)22-13-7-3-8-14-22/h2-19,26-27,29H,1H3/t26-,27+,28+/m1/s1. The van der Waals surface area contributed by atoms with Crippen LogP contribution < -0.4 is 4.74 Å². The average molecular weight is 392 g/mol. The Balaban J connectivity index is 1.83. The molecule has 1 heterocycles. The van der Waals surface area contributed by atoms with Gasteiger partial charge in [-0.25, -0.2) is 0 Å². The van der Waals surface area contributed by atoms with E-state index in [-0.39, 0.29) is 12.0 Å². The summed E-state index contributed by atoms with van der Waals surface area (Å²) in [4.78, 5) is 0. The van der Waals surface area contributed by atoms with E-state index in [2.05, 4.69) is 30.3 Å². The molecule has 0 amide bonds. The van der Waals surface area contributed by atoms with Crippen molar-refractivity contribution in [3.63, 3.8) is 0 Å². The van der Waals surface area contributed by atoms with E-state index in [0.717, 1.165) is 33.6 Å². The molecule has 0 aromatic heterocycles. The molecule has 0 unspecified atom stereocenters. The van der Waals surface area contributed by atoms with E-state index in [1.54, 1.807) is 0 Å². The molecule has 2 nitrogen and oxygen atoms in total. The molecule has 2 heteroatoms. The summed E-state index contributed by atoms with van der Waals surface area (Å²) in [6.45, 7) is 2.05. The normalized spacial score (nSPS) is 22.7. The van der Waals surface area contributed by atoms with Gasteiger partial charge in [0.2, 0.25) is 0 Å². The van der Waals surface area contributed by atoms with Crippen LogP contribution >= 0.6 is 0 Å².